The van der Waals surface area contributed by atoms with Crippen molar-refractivity contribution in [1.82, 2.24) is 0 Å². The van der Waals surface area contributed by atoms with Gasteiger partial charge in [0.1, 0.15) is 5.78 Å². The van der Waals surface area contributed by atoms with Crippen molar-refractivity contribution in [2.75, 3.05) is 6.61 Å². The van der Waals surface area contributed by atoms with Crippen LogP contribution >= 0.6 is 0 Å². The average molecular weight is 159 g/mol. The van der Waals surface area contributed by atoms with Gasteiger partial charge in [0, 0.05) is 13.0 Å². The van der Waals surface area contributed by atoms with Gasteiger partial charge >= 0.3 is 0 Å². The molecule has 11 heavy (non-hydrogen) atoms. The van der Waals surface area contributed by atoms with E-state index in [0.29, 0.717) is 6.42 Å². The number of hydrogen-bond donors (Lipinski definition) is 2. The summed E-state index contributed by atoms with van der Waals surface area (Å²) in [7, 11) is 0. The van der Waals surface area contributed by atoms with Crippen LogP contribution in [0.25, 0.3) is 0 Å². The van der Waals surface area contributed by atoms with Crippen LogP contribution < -0.4 is 5.73 Å². The minimum absolute atomic E-state index is 0.0185. The topological polar surface area (TPSA) is 80.4 Å². The highest BCUT2D eigenvalue weighted by atomic mass is 16.3. The normalized spacial score (nSPS) is 7.45. The molecule has 0 aromatic carbocycles. The number of ketones is 1. The fraction of sp³-hybridized carbons (Fsp3) is 0.429. The Kier molecular flexibility index (Phi) is 10.1. The summed E-state index contributed by atoms with van der Waals surface area (Å²) in [6.07, 6.45) is 1.35. The highest BCUT2D eigenvalue weighted by Crippen LogP contribution is 1.74. The summed E-state index contributed by atoms with van der Waals surface area (Å²) < 4.78 is 0. The molecule has 0 saturated heterocycles. The van der Waals surface area contributed by atoms with Gasteiger partial charge in [-0.05, 0) is 13.0 Å². The minimum Gasteiger partial charge on any atom is -0.396 e. The lowest BCUT2D eigenvalue weighted by Crippen LogP contribution is -2.04. The maximum Gasteiger partial charge on any atom is 0.240 e. The number of nitrogens with two attached hydrogens (primary N) is 1. The van der Waals surface area contributed by atoms with Gasteiger partial charge < -0.3 is 10.8 Å². The third-order valence-electron chi connectivity index (χ3n) is 0.665. The Balaban J connectivity index is 0. The van der Waals surface area contributed by atoms with Gasteiger partial charge in [-0.1, -0.05) is 6.58 Å². The van der Waals surface area contributed by atoms with Crippen LogP contribution in [0, 0.1) is 0 Å². The molecular formula is C7H13NO3. The van der Waals surface area contributed by atoms with E-state index in [1.165, 1.54) is 6.92 Å². The van der Waals surface area contributed by atoms with Crippen molar-refractivity contribution in [3.05, 3.63) is 12.7 Å². The molecule has 0 fully saturated rings. The molecule has 4 nitrogen and oxygen atoms in total. The van der Waals surface area contributed by atoms with Crippen molar-refractivity contribution in [3.8, 4) is 0 Å². The molecule has 0 rings (SSSR count). The number of aliphatic hydroxyl groups is 1. The smallest absolute Gasteiger partial charge is 0.240 e. The fourth-order valence-electron chi connectivity index (χ4n) is 0.157. The summed E-state index contributed by atoms with van der Waals surface area (Å²) in [5.74, 6) is -0.442. The molecule has 64 valence electrons. The molecule has 0 atom stereocenters. The third kappa shape index (κ3) is 28.0. The Hall–Kier alpha value is -1.16. The number of amides is 1. The Morgan fingerprint density at radius 2 is 2.00 bits per heavy atom. The summed E-state index contributed by atoms with van der Waals surface area (Å²) in [5.41, 5.74) is 4.53. The van der Waals surface area contributed by atoms with Gasteiger partial charge in [-0.3, -0.25) is 9.59 Å². The number of primary amides is 1. The molecule has 0 aliphatic carbocycles. The highest BCUT2D eigenvalue weighted by Gasteiger charge is 1.84. The van der Waals surface area contributed by atoms with Crippen LogP contribution in [-0.2, 0) is 9.59 Å². The highest BCUT2D eigenvalue weighted by molar-refractivity contribution is 5.84. The van der Waals surface area contributed by atoms with Crippen LogP contribution in [0.3, 0.4) is 0 Å². The molecule has 0 aliphatic rings. The van der Waals surface area contributed by atoms with Crippen LogP contribution in [0.5, 0.6) is 0 Å². The Morgan fingerprint density at radius 3 is 2.00 bits per heavy atom. The third-order valence-corrected chi connectivity index (χ3v) is 0.665. The Labute approximate surface area is 65.7 Å². The van der Waals surface area contributed by atoms with Crippen molar-refractivity contribution in [3.63, 3.8) is 0 Å². The lowest BCUT2D eigenvalue weighted by molar-refractivity contribution is -0.117. The first kappa shape index (κ1) is 12.5. The van der Waals surface area contributed by atoms with E-state index in [1.807, 2.05) is 0 Å². The molecule has 0 aromatic heterocycles. The van der Waals surface area contributed by atoms with Crippen molar-refractivity contribution in [2.24, 2.45) is 5.73 Å². The molecule has 0 unspecified atom stereocenters. The van der Waals surface area contributed by atoms with Crippen LogP contribution in [0.15, 0.2) is 12.7 Å². The van der Waals surface area contributed by atoms with Crippen LogP contribution in [0.2, 0.25) is 0 Å². The molecule has 4 heteroatoms. The van der Waals surface area contributed by atoms with Gasteiger partial charge in [0.2, 0.25) is 5.91 Å². The van der Waals surface area contributed by atoms with Crippen LogP contribution in [0.1, 0.15) is 13.3 Å². The van der Waals surface area contributed by atoms with E-state index < -0.39 is 5.91 Å². The van der Waals surface area contributed by atoms with Crippen molar-refractivity contribution < 1.29 is 14.7 Å². The monoisotopic (exact) mass is 159 g/mol. The zero-order valence-electron chi connectivity index (χ0n) is 6.54. The lowest BCUT2D eigenvalue weighted by atomic mass is 10.3. The molecule has 1 amide bonds. The van der Waals surface area contributed by atoms with Crippen molar-refractivity contribution >= 4 is 11.7 Å². The molecule has 0 aliphatic heterocycles. The molecule has 0 bridgehead atoms. The molecule has 0 heterocycles. The molecule has 0 radical (unpaired) electrons. The predicted octanol–water partition coefficient (Wildman–Crippen LogP) is -0.385. The second kappa shape index (κ2) is 8.84. The first-order valence-corrected chi connectivity index (χ1v) is 3.06. The number of hydrogen-bond acceptors (Lipinski definition) is 3. The van der Waals surface area contributed by atoms with Gasteiger partial charge in [0.15, 0.2) is 0 Å². The number of rotatable bonds is 3. The second-order valence-electron chi connectivity index (χ2n) is 1.78. The van der Waals surface area contributed by atoms with E-state index in [-0.39, 0.29) is 12.4 Å². The summed E-state index contributed by atoms with van der Waals surface area (Å²) in [5, 5.41) is 8.02. The van der Waals surface area contributed by atoms with E-state index in [9.17, 15) is 9.59 Å². The van der Waals surface area contributed by atoms with Crippen molar-refractivity contribution in [2.45, 2.75) is 13.3 Å². The lowest BCUT2D eigenvalue weighted by Gasteiger charge is -1.80. The number of Topliss-reactive ketones (excluding diaryl/α,β-unsaturated/α-hetero) is 1. The summed E-state index contributed by atoms with van der Waals surface area (Å²) >= 11 is 0. The average Bonchev–Trinajstić information content (AvgIpc) is 1.89. The minimum atomic E-state index is -0.481. The van der Waals surface area contributed by atoms with Gasteiger partial charge in [0.05, 0.1) is 0 Å². The van der Waals surface area contributed by atoms with E-state index in [0.717, 1.165) is 6.08 Å². The predicted molar refractivity (Wildman–Crippen MR) is 41.8 cm³/mol. The van der Waals surface area contributed by atoms with E-state index in [4.69, 9.17) is 5.11 Å². The van der Waals surface area contributed by atoms with Gasteiger partial charge in [-0.25, -0.2) is 0 Å². The largest absolute Gasteiger partial charge is 0.396 e. The van der Waals surface area contributed by atoms with Gasteiger partial charge in [-0.2, -0.15) is 0 Å². The summed E-state index contributed by atoms with van der Waals surface area (Å²) in [6.45, 7) is 4.52. The van der Waals surface area contributed by atoms with Crippen LogP contribution in [0.4, 0.5) is 0 Å². The van der Waals surface area contributed by atoms with Crippen molar-refractivity contribution in [1.29, 1.82) is 0 Å². The molecule has 0 spiro atoms. The molecule has 0 saturated carbocycles. The van der Waals surface area contributed by atoms with Gasteiger partial charge in [-0.15, -0.1) is 0 Å². The first-order chi connectivity index (χ1) is 5.04. The number of carbonyl (C=O) groups is 2. The molecular weight excluding hydrogens is 146 g/mol. The number of aliphatic hydroxyl groups excluding tert-OH is 1. The zero-order valence-corrected chi connectivity index (χ0v) is 6.54. The van der Waals surface area contributed by atoms with E-state index in [2.05, 4.69) is 12.3 Å². The maximum absolute atomic E-state index is 9.88. The summed E-state index contributed by atoms with van der Waals surface area (Å²) in [6, 6.07) is 0. The van der Waals surface area contributed by atoms with E-state index in [1.54, 1.807) is 0 Å². The zero-order chi connectivity index (χ0) is 9.28. The number of carbonyl (C=O) groups excluding carboxylic acids is 2. The first-order valence-electron chi connectivity index (χ1n) is 3.06. The molecule has 3 N–H and O–H groups in total. The van der Waals surface area contributed by atoms with E-state index >= 15 is 0 Å². The quantitative estimate of drug-likeness (QED) is 0.550. The maximum atomic E-state index is 9.88. The Bertz CT molecular complexity index is 143. The second-order valence-corrected chi connectivity index (χ2v) is 1.78. The standard InChI is InChI=1S/C4H8O2.C3H5NO/c1-4(6)2-3-5;1-2-3(4)5/h5H,2-3H2,1H3;2H,1H2,(H2,4,5). The van der Waals surface area contributed by atoms with Crippen LogP contribution in [-0.4, -0.2) is 23.4 Å². The summed E-state index contributed by atoms with van der Waals surface area (Å²) in [4.78, 5) is 19.4. The van der Waals surface area contributed by atoms with Gasteiger partial charge in [0.25, 0.3) is 0 Å². The molecule has 0 aromatic rings. The Morgan fingerprint density at radius 1 is 1.64 bits per heavy atom. The SMILES string of the molecule is C=CC(N)=O.CC(=O)CCO. The fourth-order valence-corrected chi connectivity index (χ4v) is 0.157.